The van der Waals surface area contributed by atoms with E-state index in [1.807, 2.05) is 30.3 Å². The minimum absolute atomic E-state index is 0.748. The number of anilines is 1. The largest absolute Gasteiger partial charge is 0.380 e. The summed E-state index contributed by atoms with van der Waals surface area (Å²) in [6.45, 7) is 4.81. The van der Waals surface area contributed by atoms with Crippen molar-refractivity contribution in [3.8, 4) is 0 Å². The van der Waals surface area contributed by atoms with E-state index in [1.54, 1.807) is 11.3 Å². The Labute approximate surface area is 105 Å². The summed E-state index contributed by atoms with van der Waals surface area (Å²) in [7, 11) is 0. The molecule has 1 N–H and O–H groups in total. The lowest BCUT2D eigenvalue weighted by Crippen LogP contribution is -2.02. The molecule has 0 fully saturated rings. The van der Waals surface area contributed by atoms with Gasteiger partial charge in [-0.1, -0.05) is 24.8 Å². The number of thiophene rings is 1. The first-order valence-corrected chi connectivity index (χ1v) is 6.33. The lowest BCUT2D eigenvalue weighted by atomic mass is 10.2. The van der Waals surface area contributed by atoms with Crippen LogP contribution < -0.4 is 5.32 Å². The standard InChI is InChI=1S/C13H13NS2/c1-10(13-7-4-8-16-13)9-14-11-5-2-3-6-12(11)15/h2-8,14-15H,1,9H2. The lowest BCUT2D eigenvalue weighted by Gasteiger charge is -2.09. The third-order valence-electron chi connectivity index (χ3n) is 2.27. The highest BCUT2D eigenvalue weighted by molar-refractivity contribution is 7.80. The van der Waals surface area contributed by atoms with Gasteiger partial charge in [-0.15, -0.1) is 24.0 Å². The van der Waals surface area contributed by atoms with Gasteiger partial charge >= 0.3 is 0 Å². The van der Waals surface area contributed by atoms with Crippen LogP contribution in [0.3, 0.4) is 0 Å². The van der Waals surface area contributed by atoms with Crippen LogP contribution in [0.2, 0.25) is 0 Å². The number of rotatable bonds is 4. The molecule has 1 aromatic carbocycles. The van der Waals surface area contributed by atoms with Crippen LogP contribution in [0.4, 0.5) is 5.69 Å². The van der Waals surface area contributed by atoms with E-state index in [0.717, 1.165) is 22.7 Å². The van der Waals surface area contributed by atoms with Gasteiger partial charge in [-0.2, -0.15) is 0 Å². The molecule has 3 heteroatoms. The molecule has 0 radical (unpaired) electrons. The van der Waals surface area contributed by atoms with Crippen molar-refractivity contribution in [1.82, 2.24) is 0 Å². The Kier molecular flexibility index (Phi) is 3.70. The SMILES string of the molecule is C=C(CNc1ccccc1S)c1cccs1. The fraction of sp³-hybridized carbons (Fsp3) is 0.0769. The molecule has 0 unspecified atom stereocenters. The molecule has 0 aliphatic rings. The first kappa shape index (κ1) is 11.3. The second-order valence-electron chi connectivity index (χ2n) is 3.45. The number of benzene rings is 1. The van der Waals surface area contributed by atoms with Crippen LogP contribution in [-0.2, 0) is 0 Å². The van der Waals surface area contributed by atoms with Crippen molar-refractivity contribution in [2.45, 2.75) is 4.90 Å². The number of para-hydroxylation sites is 1. The van der Waals surface area contributed by atoms with Crippen LogP contribution in [0, 0.1) is 0 Å². The quantitative estimate of drug-likeness (QED) is 0.773. The predicted octanol–water partition coefficient (Wildman–Crippen LogP) is 4.16. The minimum atomic E-state index is 0.748. The fourth-order valence-electron chi connectivity index (χ4n) is 1.39. The minimum Gasteiger partial charge on any atom is -0.380 e. The highest BCUT2D eigenvalue weighted by atomic mass is 32.1. The van der Waals surface area contributed by atoms with Crippen molar-refractivity contribution in [1.29, 1.82) is 0 Å². The third-order valence-corrected chi connectivity index (χ3v) is 3.63. The molecule has 1 aromatic heterocycles. The van der Waals surface area contributed by atoms with Crippen molar-refractivity contribution in [3.05, 3.63) is 53.2 Å². The smallest absolute Gasteiger partial charge is 0.0478 e. The van der Waals surface area contributed by atoms with E-state index in [1.165, 1.54) is 4.88 Å². The topological polar surface area (TPSA) is 12.0 Å². The molecule has 16 heavy (non-hydrogen) atoms. The Bertz CT molecular complexity index is 474. The zero-order valence-corrected chi connectivity index (χ0v) is 10.5. The van der Waals surface area contributed by atoms with Crippen LogP contribution in [0.5, 0.6) is 0 Å². The van der Waals surface area contributed by atoms with E-state index in [-0.39, 0.29) is 0 Å². The van der Waals surface area contributed by atoms with E-state index >= 15 is 0 Å². The van der Waals surface area contributed by atoms with E-state index in [4.69, 9.17) is 0 Å². The summed E-state index contributed by atoms with van der Waals surface area (Å²) in [6.07, 6.45) is 0. The number of hydrogen-bond acceptors (Lipinski definition) is 3. The molecular formula is C13H13NS2. The van der Waals surface area contributed by atoms with Crippen molar-refractivity contribution >= 4 is 35.2 Å². The van der Waals surface area contributed by atoms with Gasteiger partial charge in [0.15, 0.2) is 0 Å². The van der Waals surface area contributed by atoms with Gasteiger partial charge in [0.1, 0.15) is 0 Å². The normalized spacial score (nSPS) is 10.1. The molecule has 1 heterocycles. The summed E-state index contributed by atoms with van der Waals surface area (Å²) in [6, 6.07) is 12.1. The molecule has 0 atom stereocenters. The molecule has 0 saturated heterocycles. The fourth-order valence-corrected chi connectivity index (χ4v) is 2.33. The number of nitrogens with one attached hydrogen (secondary N) is 1. The zero-order chi connectivity index (χ0) is 11.4. The second kappa shape index (κ2) is 5.23. The van der Waals surface area contributed by atoms with Crippen LogP contribution in [0.15, 0.2) is 53.3 Å². The number of thiol groups is 1. The predicted molar refractivity (Wildman–Crippen MR) is 75.5 cm³/mol. The van der Waals surface area contributed by atoms with Gasteiger partial charge in [0.05, 0.1) is 0 Å². The van der Waals surface area contributed by atoms with E-state index in [0.29, 0.717) is 0 Å². The Balaban J connectivity index is 1.98. The van der Waals surface area contributed by atoms with Crippen LogP contribution in [0.1, 0.15) is 4.88 Å². The molecule has 2 rings (SSSR count). The lowest BCUT2D eigenvalue weighted by molar-refractivity contribution is 1.30. The molecule has 0 aliphatic heterocycles. The molecule has 1 nitrogen and oxygen atoms in total. The van der Waals surface area contributed by atoms with Crippen molar-refractivity contribution < 1.29 is 0 Å². The molecule has 0 saturated carbocycles. The van der Waals surface area contributed by atoms with Gasteiger partial charge in [0.2, 0.25) is 0 Å². The first-order chi connectivity index (χ1) is 7.77. The van der Waals surface area contributed by atoms with Gasteiger partial charge in [-0.3, -0.25) is 0 Å². The average Bonchev–Trinajstić information content (AvgIpc) is 2.81. The van der Waals surface area contributed by atoms with Crippen molar-refractivity contribution in [3.63, 3.8) is 0 Å². The molecule has 82 valence electrons. The highest BCUT2D eigenvalue weighted by Gasteiger charge is 2.01. The van der Waals surface area contributed by atoms with Gasteiger partial charge in [0, 0.05) is 22.0 Å². The second-order valence-corrected chi connectivity index (χ2v) is 4.88. The van der Waals surface area contributed by atoms with Crippen LogP contribution >= 0.6 is 24.0 Å². The van der Waals surface area contributed by atoms with Crippen LogP contribution in [-0.4, -0.2) is 6.54 Å². The summed E-state index contributed by atoms with van der Waals surface area (Å²) >= 11 is 6.10. The molecule has 0 aliphatic carbocycles. The van der Waals surface area contributed by atoms with Crippen molar-refractivity contribution in [2.24, 2.45) is 0 Å². The Hall–Kier alpha value is -1.19. The molecule has 2 aromatic rings. The van der Waals surface area contributed by atoms with Gasteiger partial charge in [-0.25, -0.2) is 0 Å². The number of hydrogen-bond donors (Lipinski definition) is 2. The summed E-state index contributed by atoms with van der Waals surface area (Å²) in [5.74, 6) is 0. The summed E-state index contributed by atoms with van der Waals surface area (Å²) in [5.41, 5.74) is 2.15. The molecule has 0 amide bonds. The highest BCUT2D eigenvalue weighted by Crippen LogP contribution is 2.22. The monoisotopic (exact) mass is 247 g/mol. The molecule has 0 bridgehead atoms. The van der Waals surface area contributed by atoms with E-state index in [9.17, 15) is 0 Å². The van der Waals surface area contributed by atoms with E-state index in [2.05, 4.69) is 36.0 Å². The van der Waals surface area contributed by atoms with Crippen LogP contribution in [0.25, 0.3) is 5.57 Å². The Morgan fingerprint density at radius 3 is 2.75 bits per heavy atom. The summed E-state index contributed by atoms with van der Waals surface area (Å²) in [4.78, 5) is 2.19. The zero-order valence-electron chi connectivity index (χ0n) is 8.81. The molecule has 0 spiro atoms. The maximum Gasteiger partial charge on any atom is 0.0478 e. The maximum absolute atomic E-state index is 4.39. The van der Waals surface area contributed by atoms with Gasteiger partial charge < -0.3 is 5.32 Å². The Morgan fingerprint density at radius 2 is 2.06 bits per heavy atom. The Morgan fingerprint density at radius 1 is 1.25 bits per heavy atom. The maximum atomic E-state index is 4.39. The van der Waals surface area contributed by atoms with E-state index < -0.39 is 0 Å². The third kappa shape index (κ3) is 2.68. The molecular weight excluding hydrogens is 234 g/mol. The summed E-state index contributed by atoms with van der Waals surface area (Å²) in [5, 5.41) is 5.39. The average molecular weight is 247 g/mol. The summed E-state index contributed by atoms with van der Waals surface area (Å²) < 4.78 is 0. The van der Waals surface area contributed by atoms with Crippen molar-refractivity contribution in [2.75, 3.05) is 11.9 Å². The van der Waals surface area contributed by atoms with Gasteiger partial charge in [0.25, 0.3) is 0 Å². The first-order valence-electron chi connectivity index (χ1n) is 5.01. The van der Waals surface area contributed by atoms with Gasteiger partial charge in [-0.05, 0) is 29.2 Å².